The summed E-state index contributed by atoms with van der Waals surface area (Å²) in [4.78, 5) is 23.1. The molecule has 0 saturated carbocycles. The molecule has 2 rings (SSSR count). The molecule has 0 aromatic heterocycles. The summed E-state index contributed by atoms with van der Waals surface area (Å²) < 4.78 is 5.44. The first-order valence-corrected chi connectivity index (χ1v) is 7.13. The molecule has 2 amide bonds. The second-order valence-electron chi connectivity index (χ2n) is 4.95. The van der Waals surface area contributed by atoms with E-state index in [2.05, 4.69) is 16.0 Å². The molecule has 0 aliphatic carbocycles. The Hall–Kier alpha value is -2.08. The Kier molecular flexibility index (Phi) is 5.57. The van der Waals surface area contributed by atoms with E-state index in [1.807, 2.05) is 0 Å². The number of hydrogen-bond donors (Lipinski definition) is 3. The Balaban J connectivity index is 1.71. The van der Waals surface area contributed by atoms with E-state index in [4.69, 9.17) is 4.74 Å². The average Bonchev–Trinajstić information content (AvgIpc) is 3.04. The molecule has 1 atom stereocenters. The van der Waals surface area contributed by atoms with Crippen molar-refractivity contribution in [1.82, 2.24) is 10.6 Å². The molecule has 0 bridgehead atoms. The third-order valence-corrected chi connectivity index (χ3v) is 3.38. The SMILES string of the molecule is CNC(=O)c1ccc(NCC(=O)NCC2CCCO2)cc1. The topological polar surface area (TPSA) is 79.5 Å². The van der Waals surface area contributed by atoms with Gasteiger partial charge >= 0.3 is 0 Å². The van der Waals surface area contributed by atoms with E-state index in [0.717, 1.165) is 25.1 Å². The molecular weight excluding hydrogens is 270 g/mol. The van der Waals surface area contributed by atoms with E-state index in [-0.39, 0.29) is 24.5 Å². The van der Waals surface area contributed by atoms with Crippen molar-refractivity contribution < 1.29 is 14.3 Å². The predicted octanol–water partition coefficient (Wildman–Crippen LogP) is 0.753. The molecule has 114 valence electrons. The molecule has 0 radical (unpaired) electrons. The fourth-order valence-electron chi connectivity index (χ4n) is 2.16. The molecule has 1 aliphatic rings. The van der Waals surface area contributed by atoms with Gasteiger partial charge in [0.1, 0.15) is 0 Å². The standard InChI is InChI=1S/C15H21N3O3/c1-16-15(20)11-4-6-12(7-5-11)17-10-14(19)18-9-13-3-2-8-21-13/h4-7,13,17H,2-3,8-10H2,1H3,(H,16,20)(H,18,19). The highest BCUT2D eigenvalue weighted by Crippen LogP contribution is 2.11. The molecule has 1 heterocycles. The first-order chi connectivity index (χ1) is 10.2. The van der Waals surface area contributed by atoms with E-state index < -0.39 is 0 Å². The lowest BCUT2D eigenvalue weighted by Gasteiger charge is -2.11. The Morgan fingerprint density at radius 1 is 1.29 bits per heavy atom. The highest BCUT2D eigenvalue weighted by molar-refractivity contribution is 5.94. The predicted molar refractivity (Wildman–Crippen MR) is 80.3 cm³/mol. The Morgan fingerprint density at radius 3 is 2.67 bits per heavy atom. The largest absolute Gasteiger partial charge is 0.376 e. The van der Waals surface area contributed by atoms with Gasteiger partial charge in [-0.25, -0.2) is 0 Å². The van der Waals surface area contributed by atoms with Gasteiger partial charge in [-0.1, -0.05) is 0 Å². The number of carbonyl (C=O) groups excluding carboxylic acids is 2. The lowest BCUT2D eigenvalue weighted by atomic mass is 10.2. The number of benzene rings is 1. The van der Waals surface area contributed by atoms with Crippen LogP contribution in [0.2, 0.25) is 0 Å². The second-order valence-corrected chi connectivity index (χ2v) is 4.95. The van der Waals surface area contributed by atoms with Crippen molar-refractivity contribution in [3.8, 4) is 0 Å². The zero-order valence-electron chi connectivity index (χ0n) is 12.1. The van der Waals surface area contributed by atoms with Crippen molar-refractivity contribution in [2.45, 2.75) is 18.9 Å². The van der Waals surface area contributed by atoms with Gasteiger partial charge < -0.3 is 20.7 Å². The summed E-state index contributed by atoms with van der Waals surface area (Å²) in [7, 11) is 1.59. The van der Waals surface area contributed by atoms with E-state index >= 15 is 0 Å². The zero-order valence-corrected chi connectivity index (χ0v) is 12.1. The third-order valence-electron chi connectivity index (χ3n) is 3.38. The van der Waals surface area contributed by atoms with Crippen LogP contribution in [0, 0.1) is 0 Å². The van der Waals surface area contributed by atoms with Crippen LogP contribution in [-0.4, -0.2) is 44.7 Å². The normalized spacial score (nSPS) is 17.3. The molecule has 0 spiro atoms. The van der Waals surface area contributed by atoms with Crippen molar-refractivity contribution in [3.63, 3.8) is 0 Å². The number of hydrogen-bond acceptors (Lipinski definition) is 4. The van der Waals surface area contributed by atoms with Crippen molar-refractivity contribution in [2.24, 2.45) is 0 Å². The Bertz CT molecular complexity index is 481. The average molecular weight is 291 g/mol. The molecule has 3 N–H and O–H groups in total. The van der Waals surface area contributed by atoms with E-state index in [1.165, 1.54) is 0 Å². The minimum absolute atomic E-state index is 0.0686. The zero-order chi connectivity index (χ0) is 15.1. The summed E-state index contributed by atoms with van der Waals surface area (Å²) in [5.41, 5.74) is 1.39. The summed E-state index contributed by atoms with van der Waals surface area (Å²) in [6.07, 6.45) is 2.23. The van der Waals surface area contributed by atoms with Gasteiger partial charge in [0.05, 0.1) is 12.6 Å². The highest BCUT2D eigenvalue weighted by atomic mass is 16.5. The highest BCUT2D eigenvalue weighted by Gasteiger charge is 2.15. The number of carbonyl (C=O) groups is 2. The lowest BCUT2D eigenvalue weighted by Crippen LogP contribution is -2.35. The molecule has 6 heteroatoms. The molecule has 1 aliphatic heterocycles. The monoisotopic (exact) mass is 291 g/mol. The lowest BCUT2D eigenvalue weighted by molar-refractivity contribution is -0.119. The summed E-state index contributed by atoms with van der Waals surface area (Å²) >= 11 is 0. The Morgan fingerprint density at radius 2 is 2.05 bits per heavy atom. The molecule has 1 fully saturated rings. The van der Waals surface area contributed by atoms with Crippen LogP contribution in [0.3, 0.4) is 0 Å². The van der Waals surface area contributed by atoms with E-state index in [9.17, 15) is 9.59 Å². The summed E-state index contributed by atoms with van der Waals surface area (Å²) in [6.45, 7) is 1.55. The maximum atomic E-state index is 11.7. The van der Waals surface area contributed by atoms with Gasteiger partial charge in [0, 0.05) is 31.5 Å². The van der Waals surface area contributed by atoms with E-state index in [0.29, 0.717) is 12.1 Å². The maximum absolute atomic E-state index is 11.7. The minimum Gasteiger partial charge on any atom is -0.376 e. The van der Waals surface area contributed by atoms with Gasteiger partial charge in [0.25, 0.3) is 5.91 Å². The third kappa shape index (κ3) is 4.75. The fourth-order valence-corrected chi connectivity index (χ4v) is 2.16. The first kappa shape index (κ1) is 15.3. The van der Waals surface area contributed by atoms with Crippen LogP contribution in [0.4, 0.5) is 5.69 Å². The van der Waals surface area contributed by atoms with Gasteiger partial charge in [0.15, 0.2) is 0 Å². The van der Waals surface area contributed by atoms with Crippen molar-refractivity contribution in [3.05, 3.63) is 29.8 Å². The van der Waals surface area contributed by atoms with Crippen molar-refractivity contribution in [2.75, 3.05) is 32.1 Å². The van der Waals surface area contributed by atoms with Crippen molar-refractivity contribution >= 4 is 17.5 Å². The number of rotatable bonds is 6. The quantitative estimate of drug-likeness (QED) is 0.723. The number of anilines is 1. The Labute approximate surface area is 124 Å². The first-order valence-electron chi connectivity index (χ1n) is 7.13. The fraction of sp³-hybridized carbons (Fsp3) is 0.467. The molecule has 1 unspecified atom stereocenters. The summed E-state index contributed by atoms with van der Waals surface area (Å²) in [5.74, 6) is -0.197. The van der Waals surface area contributed by atoms with E-state index in [1.54, 1.807) is 31.3 Å². The van der Waals surface area contributed by atoms with Gasteiger partial charge in [-0.05, 0) is 37.1 Å². The molecule has 21 heavy (non-hydrogen) atoms. The molecule has 1 aromatic rings. The minimum atomic E-state index is -0.129. The van der Waals surface area contributed by atoms with Crippen LogP contribution in [0.15, 0.2) is 24.3 Å². The number of amides is 2. The van der Waals surface area contributed by atoms with Gasteiger partial charge in [-0.15, -0.1) is 0 Å². The van der Waals surface area contributed by atoms with Crippen LogP contribution in [0.1, 0.15) is 23.2 Å². The summed E-state index contributed by atoms with van der Waals surface area (Å²) in [5, 5.41) is 8.42. The number of nitrogens with one attached hydrogen (secondary N) is 3. The van der Waals surface area contributed by atoms with Crippen LogP contribution in [0.25, 0.3) is 0 Å². The van der Waals surface area contributed by atoms with Crippen LogP contribution >= 0.6 is 0 Å². The molecule has 6 nitrogen and oxygen atoms in total. The van der Waals surface area contributed by atoms with Crippen LogP contribution in [-0.2, 0) is 9.53 Å². The molecule has 1 saturated heterocycles. The molecular formula is C15H21N3O3. The van der Waals surface area contributed by atoms with Gasteiger partial charge in [-0.2, -0.15) is 0 Å². The molecule has 1 aromatic carbocycles. The maximum Gasteiger partial charge on any atom is 0.251 e. The smallest absolute Gasteiger partial charge is 0.251 e. The van der Waals surface area contributed by atoms with Crippen LogP contribution < -0.4 is 16.0 Å². The van der Waals surface area contributed by atoms with Gasteiger partial charge in [-0.3, -0.25) is 9.59 Å². The van der Waals surface area contributed by atoms with Gasteiger partial charge in [0.2, 0.25) is 5.91 Å². The number of ether oxygens (including phenoxy) is 1. The summed E-state index contributed by atoms with van der Waals surface area (Å²) in [6, 6.07) is 6.98. The van der Waals surface area contributed by atoms with Crippen molar-refractivity contribution in [1.29, 1.82) is 0 Å². The van der Waals surface area contributed by atoms with Crippen LogP contribution in [0.5, 0.6) is 0 Å². The second kappa shape index (κ2) is 7.64.